The van der Waals surface area contributed by atoms with Crippen LogP contribution in [0.2, 0.25) is 0 Å². The SMILES string of the molecule is Cc1nn(C(C)C)c(=O)n1Cc1ccn(C)c(=O)c1. The average Bonchev–Trinajstić information content (AvgIpc) is 2.62. The second kappa shape index (κ2) is 4.87. The molecule has 6 heteroatoms. The highest BCUT2D eigenvalue weighted by molar-refractivity contribution is 5.12. The van der Waals surface area contributed by atoms with E-state index in [9.17, 15) is 9.59 Å². The number of hydrogen-bond donors (Lipinski definition) is 0. The van der Waals surface area contributed by atoms with E-state index in [2.05, 4.69) is 5.10 Å². The minimum Gasteiger partial charge on any atom is -0.319 e. The Kier molecular flexibility index (Phi) is 3.42. The molecule has 19 heavy (non-hydrogen) atoms. The molecule has 0 aliphatic heterocycles. The van der Waals surface area contributed by atoms with Crippen molar-refractivity contribution in [1.82, 2.24) is 18.9 Å². The van der Waals surface area contributed by atoms with Gasteiger partial charge in [-0.3, -0.25) is 9.36 Å². The maximum absolute atomic E-state index is 12.2. The molecular weight excluding hydrogens is 244 g/mol. The lowest BCUT2D eigenvalue weighted by Gasteiger charge is -2.04. The second-order valence-electron chi connectivity index (χ2n) is 4.94. The number of hydrogen-bond acceptors (Lipinski definition) is 3. The molecule has 2 rings (SSSR count). The number of rotatable bonds is 3. The van der Waals surface area contributed by atoms with Gasteiger partial charge in [0.25, 0.3) is 5.56 Å². The molecule has 2 heterocycles. The third-order valence-electron chi connectivity index (χ3n) is 3.07. The lowest BCUT2D eigenvalue weighted by molar-refractivity contribution is 0.505. The molecule has 2 aromatic rings. The van der Waals surface area contributed by atoms with E-state index in [1.807, 2.05) is 19.9 Å². The lowest BCUT2D eigenvalue weighted by Crippen LogP contribution is -2.27. The lowest BCUT2D eigenvalue weighted by atomic mass is 10.2. The molecule has 2 aromatic heterocycles. The van der Waals surface area contributed by atoms with Crippen LogP contribution < -0.4 is 11.2 Å². The Hall–Kier alpha value is -2.11. The molecule has 0 bridgehead atoms. The summed E-state index contributed by atoms with van der Waals surface area (Å²) in [7, 11) is 1.69. The second-order valence-corrected chi connectivity index (χ2v) is 4.94. The Labute approximate surface area is 110 Å². The van der Waals surface area contributed by atoms with Gasteiger partial charge in [0, 0.05) is 19.3 Å². The summed E-state index contributed by atoms with van der Waals surface area (Å²) in [4.78, 5) is 23.7. The summed E-state index contributed by atoms with van der Waals surface area (Å²) in [6, 6.07) is 3.40. The molecule has 0 radical (unpaired) electrons. The van der Waals surface area contributed by atoms with Gasteiger partial charge in [0.1, 0.15) is 5.82 Å². The Morgan fingerprint density at radius 1 is 1.32 bits per heavy atom. The standard InChI is InChI=1S/C13H18N4O2/c1-9(2)17-13(19)16(10(3)14-17)8-11-5-6-15(4)12(18)7-11/h5-7,9H,8H2,1-4H3. The van der Waals surface area contributed by atoms with Gasteiger partial charge in [0.2, 0.25) is 0 Å². The summed E-state index contributed by atoms with van der Waals surface area (Å²) in [5, 5.41) is 4.23. The van der Waals surface area contributed by atoms with Gasteiger partial charge in [-0.1, -0.05) is 0 Å². The Balaban J connectivity index is 2.41. The molecule has 0 fully saturated rings. The Morgan fingerprint density at radius 3 is 2.53 bits per heavy atom. The molecule has 0 spiro atoms. The maximum Gasteiger partial charge on any atom is 0.346 e. The summed E-state index contributed by atoms with van der Waals surface area (Å²) in [5.74, 6) is 0.652. The van der Waals surface area contributed by atoms with Crippen molar-refractivity contribution in [1.29, 1.82) is 0 Å². The van der Waals surface area contributed by atoms with E-state index < -0.39 is 0 Å². The van der Waals surface area contributed by atoms with Gasteiger partial charge in [-0.2, -0.15) is 5.10 Å². The molecule has 102 valence electrons. The van der Waals surface area contributed by atoms with Crippen molar-refractivity contribution in [3.63, 3.8) is 0 Å². The molecule has 0 aromatic carbocycles. The van der Waals surface area contributed by atoms with Crippen LogP contribution in [0, 0.1) is 6.92 Å². The monoisotopic (exact) mass is 262 g/mol. The van der Waals surface area contributed by atoms with Gasteiger partial charge < -0.3 is 4.57 Å². The quantitative estimate of drug-likeness (QED) is 0.817. The van der Waals surface area contributed by atoms with Crippen LogP contribution in [-0.2, 0) is 13.6 Å². The van der Waals surface area contributed by atoms with Crippen molar-refractivity contribution >= 4 is 0 Å². The molecule has 6 nitrogen and oxygen atoms in total. The number of aromatic nitrogens is 4. The van der Waals surface area contributed by atoms with Crippen LogP contribution in [0.4, 0.5) is 0 Å². The molecule has 0 aliphatic rings. The van der Waals surface area contributed by atoms with Gasteiger partial charge in [-0.25, -0.2) is 9.48 Å². The largest absolute Gasteiger partial charge is 0.346 e. The van der Waals surface area contributed by atoms with Crippen molar-refractivity contribution in [3.8, 4) is 0 Å². The van der Waals surface area contributed by atoms with E-state index in [1.54, 1.807) is 30.8 Å². The fourth-order valence-electron chi connectivity index (χ4n) is 1.90. The van der Waals surface area contributed by atoms with Gasteiger partial charge in [-0.05, 0) is 32.4 Å². The summed E-state index contributed by atoms with van der Waals surface area (Å²) in [6.45, 7) is 5.99. The summed E-state index contributed by atoms with van der Waals surface area (Å²) < 4.78 is 4.53. The Bertz CT molecular complexity index is 706. The molecule has 0 N–H and O–H groups in total. The van der Waals surface area contributed by atoms with E-state index in [1.165, 1.54) is 9.25 Å². The third kappa shape index (κ3) is 2.52. The Morgan fingerprint density at radius 2 is 2.00 bits per heavy atom. The third-order valence-corrected chi connectivity index (χ3v) is 3.07. The van der Waals surface area contributed by atoms with Crippen LogP contribution in [0.25, 0.3) is 0 Å². The normalized spacial score (nSPS) is 11.2. The first-order chi connectivity index (χ1) is 8.90. The number of pyridine rings is 1. The maximum atomic E-state index is 12.2. The van der Waals surface area contributed by atoms with Gasteiger partial charge in [0.05, 0.1) is 12.6 Å². The first-order valence-corrected chi connectivity index (χ1v) is 6.21. The first kappa shape index (κ1) is 13.3. The molecular formula is C13H18N4O2. The zero-order valence-electron chi connectivity index (χ0n) is 11.6. The van der Waals surface area contributed by atoms with Crippen molar-refractivity contribution in [3.05, 3.63) is 50.6 Å². The van der Waals surface area contributed by atoms with E-state index >= 15 is 0 Å². The fourth-order valence-corrected chi connectivity index (χ4v) is 1.90. The first-order valence-electron chi connectivity index (χ1n) is 6.21. The van der Waals surface area contributed by atoms with E-state index in [0.29, 0.717) is 12.4 Å². The number of nitrogens with zero attached hydrogens (tertiary/aromatic N) is 4. The summed E-state index contributed by atoms with van der Waals surface area (Å²) >= 11 is 0. The predicted octanol–water partition coefficient (Wildman–Crippen LogP) is 0.681. The minimum atomic E-state index is -0.145. The van der Waals surface area contributed by atoms with E-state index in [4.69, 9.17) is 0 Å². The molecule has 0 saturated carbocycles. The smallest absolute Gasteiger partial charge is 0.319 e. The van der Waals surface area contributed by atoms with Crippen LogP contribution in [0.5, 0.6) is 0 Å². The van der Waals surface area contributed by atoms with Crippen LogP contribution in [0.1, 0.15) is 31.3 Å². The highest BCUT2D eigenvalue weighted by Crippen LogP contribution is 2.03. The topological polar surface area (TPSA) is 61.8 Å². The van der Waals surface area contributed by atoms with Crippen molar-refractivity contribution in [2.24, 2.45) is 7.05 Å². The van der Waals surface area contributed by atoms with Gasteiger partial charge >= 0.3 is 5.69 Å². The minimum absolute atomic E-state index is 0.0242. The zero-order chi connectivity index (χ0) is 14.2. The highest BCUT2D eigenvalue weighted by atomic mass is 16.2. The van der Waals surface area contributed by atoms with Crippen LogP contribution >= 0.6 is 0 Å². The highest BCUT2D eigenvalue weighted by Gasteiger charge is 2.12. The molecule has 0 atom stereocenters. The predicted molar refractivity (Wildman–Crippen MR) is 72.4 cm³/mol. The van der Waals surface area contributed by atoms with Crippen molar-refractivity contribution < 1.29 is 0 Å². The van der Waals surface area contributed by atoms with E-state index in [0.717, 1.165) is 5.56 Å². The molecule has 0 amide bonds. The fraction of sp³-hybridized carbons (Fsp3) is 0.462. The van der Waals surface area contributed by atoms with Crippen molar-refractivity contribution in [2.75, 3.05) is 0 Å². The van der Waals surface area contributed by atoms with Gasteiger partial charge in [-0.15, -0.1) is 0 Å². The van der Waals surface area contributed by atoms with Crippen LogP contribution in [0.3, 0.4) is 0 Å². The van der Waals surface area contributed by atoms with E-state index in [-0.39, 0.29) is 17.3 Å². The summed E-state index contributed by atoms with van der Waals surface area (Å²) in [5.41, 5.74) is 0.573. The summed E-state index contributed by atoms with van der Waals surface area (Å²) in [6.07, 6.45) is 1.70. The van der Waals surface area contributed by atoms with Gasteiger partial charge in [0.15, 0.2) is 0 Å². The van der Waals surface area contributed by atoms with Crippen LogP contribution in [0.15, 0.2) is 27.9 Å². The molecule has 0 aliphatic carbocycles. The molecule has 0 unspecified atom stereocenters. The zero-order valence-corrected chi connectivity index (χ0v) is 11.6. The number of aryl methyl sites for hydroxylation is 2. The van der Waals surface area contributed by atoms with Crippen LogP contribution in [-0.4, -0.2) is 18.9 Å². The average molecular weight is 262 g/mol. The van der Waals surface area contributed by atoms with Crippen molar-refractivity contribution in [2.45, 2.75) is 33.4 Å². The molecule has 0 saturated heterocycles.